The summed E-state index contributed by atoms with van der Waals surface area (Å²) < 4.78 is 33.0. The van der Waals surface area contributed by atoms with Crippen LogP contribution in [0.15, 0.2) is 94.3 Å². The lowest BCUT2D eigenvalue weighted by molar-refractivity contribution is 0.435. The quantitative estimate of drug-likeness (QED) is 0.513. The van der Waals surface area contributed by atoms with Gasteiger partial charge in [-0.15, -0.1) is 0 Å². The van der Waals surface area contributed by atoms with Crippen LogP contribution in [0, 0.1) is 6.92 Å². The monoisotopic (exact) mass is 390 g/mol. The van der Waals surface area contributed by atoms with Crippen molar-refractivity contribution in [2.24, 2.45) is 0 Å². The second-order valence-corrected chi connectivity index (χ2v) is 8.12. The largest absolute Gasteiger partial charge is 0.356 e. The lowest BCUT2D eigenvalue weighted by Gasteiger charge is -2.08. The predicted molar refractivity (Wildman–Crippen MR) is 109 cm³/mol. The Labute approximate surface area is 163 Å². The smallest absolute Gasteiger partial charge is 0.261 e. The van der Waals surface area contributed by atoms with Gasteiger partial charge in [-0.05, 0) is 31.2 Å². The molecule has 4 aromatic rings. The van der Waals surface area contributed by atoms with Gasteiger partial charge in [0.2, 0.25) is 0 Å². The lowest BCUT2D eigenvalue weighted by atomic mass is 10.1. The van der Waals surface area contributed by atoms with Gasteiger partial charge in [0.05, 0.1) is 4.90 Å². The number of sulfonamides is 1. The Morgan fingerprint density at radius 3 is 2.18 bits per heavy atom. The maximum Gasteiger partial charge on any atom is 0.261 e. The molecule has 1 heterocycles. The van der Waals surface area contributed by atoms with E-state index in [1.807, 2.05) is 43.3 Å². The summed E-state index contributed by atoms with van der Waals surface area (Å²) in [6.07, 6.45) is 0. The average Bonchev–Trinajstić information content (AvgIpc) is 3.19. The van der Waals surface area contributed by atoms with Gasteiger partial charge in [-0.3, -0.25) is 4.72 Å². The van der Waals surface area contributed by atoms with E-state index < -0.39 is 10.0 Å². The molecule has 140 valence electrons. The summed E-state index contributed by atoms with van der Waals surface area (Å²) in [5.74, 6) is 0.680. The number of aryl methyl sites for hydroxylation is 1. The summed E-state index contributed by atoms with van der Waals surface area (Å²) in [7, 11) is -3.62. The summed E-state index contributed by atoms with van der Waals surface area (Å²) in [6.45, 7) is 1.91. The molecule has 5 nitrogen and oxygen atoms in total. The first-order valence-electron chi connectivity index (χ1n) is 8.73. The molecule has 28 heavy (non-hydrogen) atoms. The van der Waals surface area contributed by atoms with E-state index in [-0.39, 0.29) is 4.90 Å². The number of benzene rings is 3. The van der Waals surface area contributed by atoms with E-state index in [2.05, 4.69) is 9.88 Å². The second kappa shape index (κ2) is 7.32. The number of hydrogen-bond acceptors (Lipinski definition) is 4. The first kappa shape index (κ1) is 18.0. The van der Waals surface area contributed by atoms with Gasteiger partial charge in [0.1, 0.15) is 5.69 Å². The van der Waals surface area contributed by atoms with Crippen LogP contribution in [-0.2, 0) is 10.0 Å². The van der Waals surface area contributed by atoms with E-state index in [0.29, 0.717) is 17.1 Å². The minimum Gasteiger partial charge on any atom is -0.356 e. The molecule has 0 bridgehead atoms. The lowest BCUT2D eigenvalue weighted by Crippen LogP contribution is -2.12. The maximum absolute atomic E-state index is 12.5. The van der Waals surface area contributed by atoms with E-state index in [1.165, 1.54) is 0 Å². The van der Waals surface area contributed by atoms with E-state index in [4.69, 9.17) is 4.52 Å². The highest BCUT2D eigenvalue weighted by Crippen LogP contribution is 2.27. The van der Waals surface area contributed by atoms with Crippen LogP contribution in [0.1, 0.15) is 5.56 Å². The molecule has 0 saturated heterocycles. The summed E-state index contributed by atoms with van der Waals surface area (Å²) in [6, 6.07) is 25.3. The van der Waals surface area contributed by atoms with Gasteiger partial charge >= 0.3 is 0 Å². The van der Waals surface area contributed by atoms with Crippen molar-refractivity contribution in [3.05, 3.63) is 90.5 Å². The van der Waals surface area contributed by atoms with Crippen LogP contribution < -0.4 is 4.72 Å². The summed E-state index contributed by atoms with van der Waals surface area (Å²) in [5, 5.41) is 4.11. The van der Waals surface area contributed by atoms with Gasteiger partial charge in [0, 0.05) is 22.9 Å². The number of aromatic nitrogens is 1. The maximum atomic E-state index is 12.5. The number of rotatable bonds is 5. The Hall–Kier alpha value is -3.38. The van der Waals surface area contributed by atoms with Crippen LogP contribution in [0.4, 0.5) is 5.69 Å². The summed E-state index contributed by atoms with van der Waals surface area (Å²) in [5.41, 5.74) is 3.96. The molecule has 6 heteroatoms. The first-order valence-corrected chi connectivity index (χ1v) is 10.2. The van der Waals surface area contributed by atoms with Gasteiger partial charge in [0.25, 0.3) is 10.0 Å². The van der Waals surface area contributed by atoms with Crippen LogP contribution in [0.25, 0.3) is 22.6 Å². The van der Waals surface area contributed by atoms with Crippen molar-refractivity contribution in [3.8, 4) is 22.6 Å². The van der Waals surface area contributed by atoms with Gasteiger partial charge in [-0.25, -0.2) is 8.42 Å². The molecule has 0 aliphatic rings. The number of anilines is 1. The molecule has 0 atom stereocenters. The third-order valence-electron chi connectivity index (χ3n) is 4.33. The van der Waals surface area contributed by atoms with Gasteiger partial charge in [-0.1, -0.05) is 65.3 Å². The zero-order chi connectivity index (χ0) is 19.6. The van der Waals surface area contributed by atoms with Crippen molar-refractivity contribution < 1.29 is 12.9 Å². The van der Waals surface area contributed by atoms with E-state index in [9.17, 15) is 8.42 Å². The third-order valence-corrected chi connectivity index (χ3v) is 5.73. The molecule has 0 unspecified atom stereocenters. The van der Waals surface area contributed by atoms with Crippen molar-refractivity contribution in [2.45, 2.75) is 11.8 Å². The average molecular weight is 390 g/mol. The fourth-order valence-corrected chi connectivity index (χ4v) is 3.85. The topological polar surface area (TPSA) is 72.2 Å². The van der Waals surface area contributed by atoms with Gasteiger partial charge < -0.3 is 4.52 Å². The van der Waals surface area contributed by atoms with Crippen molar-refractivity contribution in [3.63, 3.8) is 0 Å². The summed E-state index contributed by atoms with van der Waals surface area (Å²) in [4.78, 5) is 0.228. The Morgan fingerprint density at radius 2 is 1.50 bits per heavy atom. The van der Waals surface area contributed by atoms with Crippen LogP contribution in [0.2, 0.25) is 0 Å². The normalized spacial score (nSPS) is 11.3. The molecule has 0 amide bonds. The van der Waals surface area contributed by atoms with Crippen LogP contribution in [-0.4, -0.2) is 13.6 Å². The molecule has 0 aliphatic carbocycles. The Kier molecular flexibility index (Phi) is 4.71. The molecule has 0 aliphatic heterocycles. The number of nitrogens with zero attached hydrogens (tertiary/aromatic N) is 1. The fraction of sp³-hybridized carbons (Fsp3) is 0.0455. The Balaban J connectivity index is 1.53. The Morgan fingerprint density at radius 1 is 0.821 bits per heavy atom. The van der Waals surface area contributed by atoms with Crippen LogP contribution in [0.5, 0.6) is 0 Å². The predicted octanol–water partition coefficient (Wildman–Crippen LogP) is 5.12. The molecule has 0 radical (unpaired) electrons. The molecule has 0 spiro atoms. The SMILES string of the molecule is Cc1ccc(S(=O)(=O)Nc2ccc(-c3cc(-c4ccccc4)on3)cc2)cc1. The zero-order valence-corrected chi connectivity index (χ0v) is 16.0. The van der Waals surface area contributed by atoms with Crippen molar-refractivity contribution in [1.29, 1.82) is 0 Å². The standard InChI is InChI=1S/C22H18N2O3S/c1-16-7-13-20(14-8-16)28(25,26)24-19-11-9-17(10-12-19)21-15-22(27-23-21)18-5-3-2-4-6-18/h2-15,24H,1H3. The van der Waals surface area contributed by atoms with E-state index in [1.54, 1.807) is 48.5 Å². The molecule has 0 fully saturated rings. The highest BCUT2D eigenvalue weighted by atomic mass is 32.2. The van der Waals surface area contributed by atoms with Crippen LogP contribution in [0.3, 0.4) is 0 Å². The van der Waals surface area contributed by atoms with Gasteiger partial charge in [-0.2, -0.15) is 0 Å². The summed E-state index contributed by atoms with van der Waals surface area (Å²) >= 11 is 0. The molecule has 1 aromatic heterocycles. The molecule has 3 aromatic carbocycles. The van der Waals surface area contributed by atoms with Crippen molar-refractivity contribution in [2.75, 3.05) is 4.72 Å². The zero-order valence-electron chi connectivity index (χ0n) is 15.2. The van der Waals surface area contributed by atoms with Crippen LogP contribution >= 0.6 is 0 Å². The number of hydrogen-bond donors (Lipinski definition) is 1. The minimum atomic E-state index is -3.62. The third kappa shape index (κ3) is 3.82. The van der Waals surface area contributed by atoms with E-state index in [0.717, 1.165) is 16.7 Å². The van der Waals surface area contributed by atoms with Crippen molar-refractivity contribution in [1.82, 2.24) is 5.16 Å². The number of nitrogens with one attached hydrogen (secondary N) is 1. The molecule has 0 saturated carbocycles. The molecule has 1 N–H and O–H groups in total. The van der Waals surface area contributed by atoms with Crippen molar-refractivity contribution >= 4 is 15.7 Å². The molecular weight excluding hydrogens is 372 g/mol. The highest BCUT2D eigenvalue weighted by molar-refractivity contribution is 7.92. The fourth-order valence-electron chi connectivity index (χ4n) is 2.79. The first-order chi connectivity index (χ1) is 13.5. The second-order valence-electron chi connectivity index (χ2n) is 6.44. The van der Waals surface area contributed by atoms with E-state index >= 15 is 0 Å². The molecule has 4 rings (SSSR count). The minimum absolute atomic E-state index is 0.228. The Bertz CT molecular complexity index is 1180. The highest BCUT2D eigenvalue weighted by Gasteiger charge is 2.14. The molecular formula is C22H18N2O3S. The van der Waals surface area contributed by atoms with Gasteiger partial charge in [0.15, 0.2) is 5.76 Å².